The molecule has 0 saturated heterocycles. The molecule has 0 saturated carbocycles. The Morgan fingerprint density at radius 3 is 2.57 bits per heavy atom. The molecule has 1 atom stereocenters. The van der Waals surface area contributed by atoms with Crippen LogP contribution in [0.2, 0.25) is 10.0 Å². The summed E-state index contributed by atoms with van der Waals surface area (Å²) in [7, 11) is 2.00. The number of benzene rings is 1. The van der Waals surface area contributed by atoms with E-state index in [9.17, 15) is 5.11 Å². The first kappa shape index (κ1) is 16.2. The highest BCUT2D eigenvalue weighted by Crippen LogP contribution is 2.26. The molecule has 1 N–H and O–H groups in total. The Labute approximate surface area is 135 Å². The summed E-state index contributed by atoms with van der Waals surface area (Å²) < 4.78 is 0. The second kappa shape index (κ2) is 7.76. The maximum Gasteiger partial charge on any atom is 0.0731 e. The Bertz CT molecular complexity index is 578. The molecule has 112 valence electrons. The molecular formula is C16H18Cl2N2O. The lowest BCUT2D eigenvalue weighted by Gasteiger charge is -2.28. The predicted octanol–water partition coefficient (Wildman–Crippen LogP) is 3.94. The van der Waals surface area contributed by atoms with E-state index in [-0.39, 0.29) is 12.6 Å². The second-order valence-corrected chi connectivity index (χ2v) is 5.78. The number of aliphatic hydroxyl groups is 1. The minimum Gasteiger partial charge on any atom is -0.396 e. The molecule has 1 heterocycles. The molecule has 1 aromatic carbocycles. The number of hydrogen-bond acceptors (Lipinski definition) is 3. The van der Waals surface area contributed by atoms with Gasteiger partial charge >= 0.3 is 0 Å². The monoisotopic (exact) mass is 324 g/mol. The molecule has 21 heavy (non-hydrogen) atoms. The van der Waals surface area contributed by atoms with Gasteiger partial charge < -0.3 is 5.11 Å². The molecule has 0 aliphatic rings. The van der Waals surface area contributed by atoms with Gasteiger partial charge in [0.25, 0.3) is 0 Å². The van der Waals surface area contributed by atoms with Gasteiger partial charge in [-0.2, -0.15) is 0 Å². The van der Waals surface area contributed by atoms with Gasteiger partial charge in [0.2, 0.25) is 0 Å². The highest BCUT2D eigenvalue weighted by Gasteiger charge is 2.18. The molecule has 0 bridgehead atoms. The number of hydrogen-bond donors (Lipinski definition) is 1. The first-order chi connectivity index (χ1) is 10.1. The van der Waals surface area contributed by atoms with E-state index in [0.717, 1.165) is 5.69 Å². The summed E-state index contributed by atoms with van der Waals surface area (Å²) >= 11 is 12.0. The smallest absolute Gasteiger partial charge is 0.0731 e. The average Bonchev–Trinajstić information content (AvgIpc) is 2.48. The predicted molar refractivity (Wildman–Crippen MR) is 86.6 cm³/mol. The largest absolute Gasteiger partial charge is 0.396 e. The van der Waals surface area contributed by atoms with Gasteiger partial charge in [-0.1, -0.05) is 53.5 Å². The number of nitrogens with zero attached hydrogens (tertiary/aromatic N) is 2. The third-order valence-corrected chi connectivity index (χ3v) is 3.94. The van der Waals surface area contributed by atoms with E-state index in [1.54, 1.807) is 12.3 Å². The Balaban J connectivity index is 2.17. The summed E-state index contributed by atoms with van der Waals surface area (Å²) in [6.07, 6.45) is 2.26. The molecule has 0 spiro atoms. The lowest BCUT2D eigenvalue weighted by Crippen LogP contribution is -2.25. The Morgan fingerprint density at radius 1 is 1.24 bits per heavy atom. The summed E-state index contributed by atoms with van der Waals surface area (Å²) in [5, 5.41) is 10.4. The van der Waals surface area contributed by atoms with E-state index in [4.69, 9.17) is 23.2 Å². The first-order valence-electron chi connectivity index (χ1n) is 6.77. The number of pyridine rings is 1. The summed E-state index contributed by atoms with van der Waals surface area (Å²) in [4.78, 5) is 6.42. The molecule has 1 unspecified atom stereocenters. The molecule has 2 aromatic rings. The highest BCUT2D eigenvalue weighted by atomic mass is 35.5. The van der Waals surface area contributed by atoms with Gasteiger partial charge in [0.05, 0.1) is 15.7 Å². The average molecular weight is 325 g/mol. The van der Waals surface area contributed by atoms with Crippen LogP contribution in [0.15, 0.2) is 42.6 Å². The molecular weight excluding hydrogens is 307 g/mol. The third kappa shape index (κ3) is 4.42. The lowest BCUT2D eigenvalue weighted by molar-refractivity contribution is 0.178. The van der Waals surface area contributed by atoms with Crippen LogP contribution in [-0.4, -0.2) is 28.6 Å². The second-order valence-electron chi connectivity index (χ2n) is 4.94. The molecule has 0 aliphatic carbocycles. The maximum atomic E-state index is 9.32. The Kier molecular flexibility index (Phi) is 6.00. The molecule has 1 aromatic heterocycles. The fourth-order valence-electron chi connectivity index (χ4n) is 2.34. The topological polar surface area (TPSA) is 36.4 Å². The normalized spacial score (nSPS) is 12.6. The van der Waals surface area contributed by atoms with Gasteiger partial charge in [0, 0.05) is 25.4 Å². The number of halogens is 2. The van der Waals surface area contributed by atoms with Crippen molar-refractivity contribution < 1.29 is 5.11 Å². The summed E-state index contributed by atoms with van der Waals surface area (Å²) in [5.41, 5.74) is 1.95. The van der Waals surface area contributed by atoms with E-state index in [1.165, 1.54) is 5.56 Å². The standard InChI is InChI=1S/C16H18Cl2N2O/c1-20(11-15-14(18)9-13(17)10-19-15)16(7-8-21)12-5-3-2-4-6-12/h2-6,9-10,16,21H,7-8,11H2,1H3. The highest BCUT2D eigenvalue weighted by molar-refractivity contribution is 6.34. The van der Waals surface area contributed by atoms with Crippen LogP contribution in [0.4, 0.5) is 0 Å². The number of rotatable bonds is 6. The van der Waals surface area contributed by atoms with Crippen LogP contribution < -0.4 is 0 Å². The SMILES string of the molecule is CN(Cc1ncc(Cl)cc1Cl)C(CCO)c1ccccc1. The van der Waals surface area contributed by atoms with E-state index in [0.29, 0.717) is 23.0 Å². The van der Waals surface area contributed by atoms with E-state index in [1.807, 2.05) is 25.2 Å². The van der Waals surface area contributed by atoms with Gasteiger partial charge in [-0.15, -0.1) is 0 Å². The van der Waals surface area contributed by atoms with Gasteiger partial charge in [0.1, 0.15) is 0 Å². The van der Waals surface area contributed by atoms with Crippen LogP contribution in [0.5, 0.6) is 0 Å². The van der Waals surface area contributed by atoms with Crippen molar-refractivity contribution in [3.05, 3.63) is 63.9 Å². The zero-order chi connectivity index (χ0) is 15.2. The van der Waals surface area contributed by atoms with Crippen molar-refractivity contribution in [1.29, 1.82) is 0 Å². The van der Waals surface area contributed by atoms with Crippen LogP contribution in [0, 0.1) is 0 Å². The van der Waals surface area contributed by atoms with Crippen LogP contribution in [0.3, 0.4) is 0 Å². The molecule has 0 amide bonds. The molecule has 3 nitrogen and oxygen atoms in total. The van der Waals surface area contributed by atoms with Crippen LogP contribution in [0.1, 0.15) is 23.7 Å². The van der Waals surface area contributed by atoms with Crippen molar-refractivity contribution in [2.45, 2.75) is 19.0 Å². The van der Waals surface area contributed by atoms with Crippen LogP contribution >= 0.6 is 23.2 Å². The minimum absolute atomic E-state index is 0.116. The molecule has 0 aliphatic heterocycles. The third-order valence-electron chi connectivity index (χ3n) is 3.40. The van der Waals surface area contributed by atoms with Gasteiger partial charge in [-0.3, -0.25) is 9.88 Å². The summed E-state index contributed by atoms with van der Waals surface area (Å²) in [6, 6.07) is 11.9. The van der Waals surface area contributed by atoms with Crippen molar-refractivity contribution in [1.82, 2.24) is 9.88 Å². The van der Waals surface area contributed by atoms with Crippen molar-refractivity contribution >= 4 is 23.2 Å². The number of aliphatic hydroxyl groups excluding tert-OH is 1. The van der Waals surface area contributed by atoms with Crippen molar-refractivity contribution in [3.63, 3.8) is 0 Å². The molecule has 5 heteroatoms. The molecule has 0 fully saturated rings. The van der Waals surface area contributed by atoms with E-state index >= 15 is 0 Å². The zero-order valence-electron chi connectivity index (χ0n) is 11.8. The van der Waals surface area contributed by atoms with Gasteiger partial charge in [-0.25, -0.2) is 0 Å². The fraction of sp³-hybridized carbons (Fsp3) is 0.312. The summed E-state index contributed by atoms with van der Waals surface area (Å²) in [6.45, 7) is 0.723. The lowest BCUT2D eigenvalue weighted by atomic mass is 10.0. The van der Waals surface area contributed by atoms with E-state index in [2.05, 4.69) is 22.0 Å². The fourth-order valence-corrected chi connectivity index (χ4v) is 2.78. The molecule has 0 radical (unpaired) electrons. The van der Waals surface area contributed by atoms with Crippen molar-refractivity contribution in [2.24, 2.45) is 0 Å². The van der Waals surface area contributed by atoms with Gasteiger partial charge in [-0.05, 0) is 25.1 Å². The van der Waals surface area contributed by atoms with Crippen LogP contribution in [-0.2, 0) is 6.54 Å². The molecule has 2 rings (SSSR count). The minimum atomic E-state index is 0.116. The maximum absolute atomic E-state index is 9.32. The van der Waals surface area contributed by atoms with Crippen LogP contribution in [0.25, 0.3) is 0 Å². The van der Waals surface area contributed by atoms with Crippen molar-refractivity contribution in [3.8, 4) is 0 Å². The van der Waals surface area contributed by atoms with Gasteiger partial charge in [0.15, 0.2) is 0 Å². The number of aromatic nitrogens is 1. The summed E-state index contributed by atoms with van der Waals surface area (Å²) in [5.74, 6) is 0. The Hall–Kier alpha value is -1.13. The van der Waals surface area contributed by atoms with Crippen molar-refractivity contribution in [2.75, 3.05) is 13.7 Å². The zero-order valence-corrected chi connectivity index (χ0v) is 13.3. The Morgan fingerprint density at radius 2 is 1.95 bits per heavy atom. The van der Waals surface area contributed by atoms with E-state index < -0.39 is 0 Å². The quantitative estimate of drug-likeness (QED) is 0.874. The first-order valence-corrected chi connectivity index (χ1v) is 7.53.